The van der Waals surface area contributed by atoms with E-state index in [4.69, 9.17) is 9.47 Å². The monoisotopic (exact) mass is 449 g/mol. The zero-order valence-electron chi connectivity index (χ0n) is 20.2. The summed E-state index contributed by atoms with van der Waals surface area (Å²) in [7, 11) is 1.51. The second-order valence-corrected chi connectivity index (χ2v) is 8.13. The molecule has 0 fully saturated rings. The Kier molecular flexibility index (Phi) is 12.9. The number of carbonyl (C=O) groups excluding carboxylic acids is 3. The Morgan fingerprint density at radius 2 is 1.69 bits per heavy atom. The van der Waals surface area contributed by atoms with Gasteiger partial charge in [0.05, 0.1) is 13.7 Å². The first-order valence-electron chi connectivity index (χ1n) is 11.5. The Hall–Kier alpha value is -2.77. The summed E-state index contributed by atoms with van der Waals surface area (Å²) in [5.41, 5.74) is 5.13. The van der Waals surface area contributed by atoms with Gasteiger partial charge in [-0.2, -0.15) is 0 Å². The Morgan fingerprint density at radius 1 is 1.00 bits per heavy atom. The van der Waals surface area contributed by atoms with E-state index in [-0.39, 0.29) is 18.2 Å². The van der Waals surface area contributed by atoms with Crippen LogP contribution in [0.5, 0.6) is 11.5 Å². The molecule has 0 aliphatic carbocycles. The molecule has 0 spiro atoms. The van der Waals surface area contributed by atoms with Crippen molar-refractivity contribution in [3.05, 3.63) is 23.8 Å². The third kappa shape index (κ3) is 10.0. The SMILES string of the molecule is CCCN(CCC)C(=O)CCCC(=O)NNC(=O)c1ccc(OCCC(C)C)c(OC)c1. The summed E-state index contributed by atoms with van der Waals surface area (Å²) in [4.78, 5) is 38.5. The van der Waals surface area contributed by atoms with Crippen molar-refractivity contribution in [3.8, 4) is 11.5 Å². The Balaban J connectivity index is 2.47. The number of nitrogens with zero attached hydrogens (tertiary/aromatic N) is 1. The molecule has 180 valence electrons. The highest BCUT2D eigenvalue weighted by molar-refractivity contribution is 5.96. The second kappa shape index (κ2) is 15.1. The van der Waals surface area contributed by atoms with Crippen LogP contribution in [0, 0.1) is 5.92 Å². The number of carbonyl (C=O) groups is 3. The molecule has 0 aliphatic heterocycles. The zero-order valence-corrected chi connectivity index (χ0v) is 20.2. The molecule has 0 heterocycles. The molecule has 8 nitrogen and oxygen atoms in total. The normalized spacial score (nSPS) is 10.6. The van der Waals surface area contributed by atoms with E-state index in [0.29, 0.717) is 42.4 Å². The molecule has 0 saturated heterocycles. The number of hydrogen-bond acceptors (Lipinski definition) is 5. The largest absolute Gasteiger partial charge is 0.493 e. The summed E-state index contributed by atoms with van der Waals surface area (Å²) in [5.74, 6) is 0.809. The van der Waals surface area contributed by atoms with Crippen LogP contribution in [-0.2, 0) is 9.59 Å². The molecule has 1 aromatic carbocycles. The van der Waals surface area contributed by atoms with E-state index < -0.39 is 5.91 Å². The van der Waals surface area contributed by atoms with Crippen molar-refractivity contribution in [2.45, 2.75) is 66.2 Å². The fraction of sp³-hybridized carbons (Fsp3) is 0.625. The molecule has 2 N–H and O–H groups in total. The van der Waals surface area contributed by atoms with Crippen LogP contribution in [0.15, 0.2) is 18.2 Å². The predicted molar refractivity (Wildman–Crippen MR) is 125 cm³/mol. The number of benzene rings is 1. The van der Waals surface area contributed by atoms with Gasteiger partial charge >= 0.3 is 0 Å². The zero-order chi connectivity index (χ0) is 23.9. The van der Waals surface area contributed by atoms with Gasteiger partial charge in [0.2, 0.25) is 11.8 Å². The number of nitrogens with one attached hydrogen (secondary N) is 2. The van der Waals surface area contributed by atoms with Crippen LogP contribution in [0.25, 0.3) is 0 Å². The van der Waals surface area contributed by atoms with E-state index in [2.05, 4.69) is 24.7 Å². The fourth-order valence-electron chi connectivity index (χ4n) is 3.05. The van der Waals surface area contributed by atoms with Crippen molar-refractivity contribution in [2.75, 3.05) is 26.8 Å². The second-order valence-electron chi connectivity index (χ2n) is 8.13. The van der Waals surface area contributed by atoms with Crippen LogP contribution < -0.4 is 20.3 Å². The Bertz CT molecular complexity index is 730. The summed E-state index contributed by atoms with van der Waals surface area (Å²) >= 11 is 0. The first-order chi connectivity index (χ1) is 15.3. The Labute approximate surface area is 192 Å². The molecule has 1 rings (SSSR count). The van der Waals surface area contributed by atoms with Gasteiger partial charge in [-0.25, -0.2) is 0 Å². The lowest BCUT2D eigenvalue weighted by Crippen LogP contribution is -2.41. The molecule has 3 amide bonds. The van der Waals surface area contributed by atoms with Gasteiger partial charge in [0.1, 0.15) is 0 Å². The molecule has 0 bridgehead atoms. The van der Waals surface area contributed by atoms with Crippen molar-refractivity contribution in [1.29, 1.82) is 0 Å². The van der Waals surface area contributed by atoms with Crippen molar-refractivity contribution in [1.82, 2.24) is 15.8 Å². The molecule has 0 aliphatic rings. The third-order valence-electron chi connectivity index (χ3n) is 4.83. The Morgan fingerprint density at radius 3 is 2.28 bits per heavy atom. The minimum absolute atomic E-state index is 0.0633. The van der Waals surface area contributed by atoms with E-state index >= 15 is 0 Å². The van der Waals surface area contributed by atoms with Crippen LogP contribution in [-0.4, -0.2) is 49.4 Å². The molecule has 0 aromatic heterocycles. The smallest absolute Gasteiger partial charge is 0.269 e. The molecule has 32 heavy (non-hydrogen) atoms. The van der Waals surface area contributed by atoms with Gasteiger partial charge in [-0.15, -0.1) is 0 Å². The van der Waals surface area contributed by atoms with E-state index in [9.17, 15) is 14.4 Å². The first kappa shape index (κ1) is 27.3. The van der Waals surface area contributed by atoms with Crippen LogP contribution in [0.1, 0.15) is 76.6 Å². The lowest BCUT2D eigenvalue weighted by Gasteiger charge is -2.21. The highest BCUT2D eigenvalue weighted by atomic mass is 16.5. The van der Waals surface area contributed by atoms with Crippen LogP contribution in [0.3, 0.4) is 0 Å². The molecule has 8 heteroatoms. The summed E-state index contributed by atoms with van der Waals surface area (Å²) in [6.07, 6.45) is 3.64. The van der Waals surface area contributed by atoms with Gasteiger partial charge in [-0.05, 0) is 49.8 Å². The molecule has 0 atom stereocenters. The predicted octanol–water partition coefficient (Wildman–Crippen LogP) is 3.70. The van der Waals surface area contributed by atoms with Crippen molar-refractivity contribution < 1.29 is 23.9 Å². The molecule has 1 aromatic rings. The maximum atomic E-state index is 12.4. The van der Waals surface area contributed by atoms with Gasteiger partial charge < -0.3 is 14.4 Å². The molecule has 0 unspecified atom stereocenters. The lowest BCUT2D eigenvalue weighted by atomic mass is 10.1. The number of hydrazine groups is 1. The standard InChI is InChI=1S/C24H39N3O5/c1-6-14-27(15-7-2)23(29)10-8-9-22(28)25-26-24(30)19-11-12-20(21(17-19)31-5)32-16-13-18(3)4/h11-12,17-18H,6-10,13-16H2,1-5H3,(H,25,28)(H,26,30). The number of ether oxygens (including phenoxy) is 2. The molecule has 0 radical (unpaired) electrons. The van der Waals surface area contributed by atoms with Gasteiger partial charge in [-0.1, -0.05) is 27.7 Å². The number of rotatable bonds is 14. The minimum Gasteiger partial charge on any atom is -0.493 e. The number of amides is 3. The van der Waals surface area contributed by atoms with E-state index in [1.165, 1.54) is 7.11 Å². The van der Waals surface area contributed by atoms with Crippen molar-refractivity contribution in [3.63, 3.8) is 0 Å². The van der Waals surface area contributed by atoms with Gasteiger partial charge in [0, 0.05) is 31.5 Å². The third-order valence-corrected chi connectivity index (χ3v) is 4.83. The molecule has 0 saturated carbocycles. The first-order valence-corrected chi connectivity index (χ1v) is 11.5. The maximum Gasteiger partial charge on any atom is 0.269 e. The van der Waals surface area contributed by atoms with Gasteiger partial charge in [0.15, 0.2) is 11.5 Å². The number of hydrogen-bond donors (Lipinski definition) is 2. The average molecular weight is 450 g/mol. The van der Waals surface area contributed by atoms with Crippen molar-refractivity contribution in [2.24, 2.45) is 5.92 Å². The quantitative estimate of drug-likeness (QED) is 0.422. The van der Waals surface area contributed by atoms with Crippen LogP contribution in [0.4, 0.5) is 0 Å². The molecular weight excluding hydrogens is 410 g/mol. The van der Waals surface area contributed by atoms with E-state index in [0.717, 1.165) is 32.4 Å². The summed E-state index contributed by atoms with van der Waals surface area (Å²) in [6, 6.07) is 4.87. The van der Waals surface area contributed by atoms with Gasteiger partial charge in [0.25, 0.3) is 5.91 Å². The summed E-state index contributed by atoms with van der Waals surface area (Å²) in [5, 5.41) is 0. The van der Waals surface area contributed by atoms with Gasteiger partial charge in [-0.3, -0.25) is 25.2 Å². The fourth-order valence-corrected chi connectivity index (χ4v) is 3.05. The summed E-state index contributed by atoms with van der Waals surface area (Å²) in [6.45, 7) is 10.3. The lowest BCUT2D eigenvalue weighted by molar-refractivity contribution is -0.131. The van der Waals surface area contributed by atoms with E-state index in [1.54, 1.807) is 18.2 Å². The van der Waals surface area contributed by atoms with Crippen molar-refractivity contribution >= 4 is 17.7 Å². The highest BCUT2D eigenvalue weighted by Gasteiger charge is 2.14. The van der Waals surface area contributed by atoms with E-state index in [1.807, 2.05) is 18.7 Å². The topological polar surface area (TPSA) is 97.0 Å². The highest BCUT2D eigenvalue weighted by Crippen LogP contribution is 2.28. The maximum absolute atomic E-state index is 12.4. The summed E-state index contributed by atoms with van der Waals surface area (Å²) < 4.78 is 11.0. The molecular formula is C24H39N3O5. The van der Waals surface area contributed by atoms with Crippen LogP contribution >= 0.6 is 0 Å². The average Bonchev–Trinajstić information content (AvgIpc) is 2.77. The van der Waals surface area contributed by atoms with Crippen LogP contribution in [0.2, 0.25) is 0 Å². The minimum atomic E-state index is -0.460. The number of methoxy groups -OCH3 is 1.